The Balaban J connectivity index is 2.13. The Labute approximate surface area is 140 Å². The molecule has 0 aliphatic carbocycles. The van der Waals surface area contributed by atoms with Crippen LogP contribution in [0.3, 0.4) is 0 Å². The number of hydrogen-bond donors (Lipinski definition) is 2. The van der Waals surface area contributed by atoms with Crippen molar-refractivity contribution in [3.05, 3.63) is 60.2 Å². The van der Waals surface area contributed by atoms with Crippen LogP contribution >= 0.6 is 0 Å². The number of aromatic hydroxyl groups is 1. The molecular weight excluding hydrogens is 300 g/mol. The molecule has 0 fully saturated rings. The molecule has 0 atom stereocenters. The highest BCUT2D eigenvalue weighted by molar-refractivity contribution is 6.17. The molecule has 24 heavy (non-hydrogen) atoms. The van der Waals surface area contributed by atoms with E-state index in [-0.39, 0.29) is 5.75 Å². The maximum Gasteiger partial charge on any atom is 0.138 e. The Morgan fingerprint density at radius 2 is 1.67 bits per heavy atom. The Hall–Kier alpha value is -3.01. The lowest BCUT2D eigenvalue weighted by atomic mass is 9.91. The van der Waals surface area contributed by atoms with Gasteiger partial charge in [0.15, 0.2) is 0 Å². The standard InChI is InChI=1S/C20H18N2O2/c1-24-20-15-10-6-5-9-14(15)18(16-11-12-21-22-16)19(23)17(20)13-7-3-2-4-8-13/h2-10,21,23H,11-12H2,1H3. The zero-order chi connectivity index (χ0) is 16.5. The number of phenolic OH excluding ortho intramolecular Hbond substituents is 1. The van der Waals surface area contributed by atoms with Crippen LogP contribution in [0.15, 0.2) is 59.7 Å². The van der Waals surface area contributed by atoms with Crippen LogP contribution in [0.4, 0.5) is 0 Å². The third-order valence-corrected chi connectivity index (χ3v) is 4.38. The van der Waals surface area contributed by atoms with Crippen molar-refractivity contribution in [1.82, 2.24) is 5.43 Å². The van der Waals surface area contributed by atoms with Gasteiger partial charge in [-0.05, 0) is 10.9 Å². The van der Waals surface area contributed by atoms with Gasteiger partial charge in [0, 0.05) is 23.9 Å². The zero-order valence-corrected chi connectivity index (χ0v) is 13.4. The summed E-state index contributed by atoms with van der Waals surface area (Å²) in [5, 5.41) is 17.4. The number of hydrogen-bond acceptors (Lipinski definition) is 4. The number of fused-ring (bicyclic) bond motifs is 1. The van der Waals surface area contributed by atoms with Crippen LogP contribution in [0, 0.1) is 0 Å². The van der Waals surface area contributed by atoms with Crippen LogP contribution in [0.5, 0.6) is 11.5 Å². The molecule has 0 radical (unpaired) electrons. The lowest BCUT2D eigenvalue weighted by Crippen LogP contribution is -2.02. The third kappa shape index (κ3) is 2.19. The number of nitrogens with one attached hydrogen (secondary N) is 1. The summed E-state index contributed by atoms with van der Waals surface area (Å²) in [7, 11) is 1.64. The second-order valence-electron chi connectivity index (χ2n) is 5.76. The van der Waals surface area contributed by atoms with Gasteiger partial charge in [0.25, 0.3) is 0 Å². The molecule has 0 amide bonds. The fraction of sp³-hybridized carbons (Fsp3) is 0.150. The average Bonchev–Trinajstić information content (AvgIpc) is 3.15. The van der Waals surface area contributed by atoms with E-state index in [1.807, 2.05) is 54.6 Å². The van der Waals surface area contributed by atoms with Crippen molar-refractivity contribution in [2.75, 3.05) is 13.7 Å². The molecule has 3 aromatic carbocycles. The van der Waals surface area contributed by atoms with Crippen LogP contribution in [-0.2, 0) is 0 Å². The summed E-state index contributed by atoms with van der Waals surface area (Å²) in [4.78, 5) is 0. The Morgan fingerprint density at radius 3 is 2.33 bits per heavy atom. The van der Waals surface area contributed by atoms with Crippen molar-refractivity contribution in [3.63, 3.8) is 0 Å². The van der Waals surface area contributed by atoms with E-state index >= 15 is 0 Å². The van der Waals surface area contributed by atoms with E-state index < -0.39 is 0 Å². The first-order valence-electron chi connectivity index (χ1n) is 7.98. The van der Waals surface area contributed by atoms with E-state index in [9.17, 15) is 5.11 Å². The molecule has 2 N–H and O–H groups in total. The number of hydrazone groups is 1. The molecule has 1 heterocycles. The lowest BCUT2D eigenvalue weighted by molar-refractivity contribution is 0.415. The van der Waals surface area contributed by atoms with Crippen LogP contribution in [-0.4, -0.2) is 24.5 Å². The molecule has 1 aliphatic heterocycles. The highest BCUT2D eigenvalue weighted by atomic mass is 16.5. The molecule has 3 aromatic rings. The van der Waals surface area contributed by atoms with E-state index in [4.69, 9.17) is 4.74 Å². The number of phenols is 1. The van der Waals surface area contributed by atoms with Crippen molar-refractivity contribution in [1.29, 1.82) is 0 Å². The Kier molecular flexibility index (Phi) is 3.58. The van der Waals surface area contributed by atoms with Gasteiger partial charge in [0.2, 0.25) is 0 Å². The first kappa shape index (κ1) is 14.6. The quantitative estimate of drug-likeness (QED) is 0.769. The number of methoxy groups -OCH3 is 1. The summed E-state index contributed by atoms with van der Waals surface area (Å²) < 4.78 is 5.70. The van der Waals surface area contributed by atoms with Gasteiger partial charge in [-0.25, -0.2) is 0 Å². The maximum atomic E-state index is 11.1. The van der Waals surface area contributed by atoms with Gasteiger partial charge in [-0.2, -0.15) is 5.10 Å². The third-order valence-electron chi connectivity index (χ3n) is 4.38. The molecular formula is C20H18N2O2. The zero-order valence-electron chi connectivity index (χ0n) is 13.4. The number of nitrogens with zero attached hydrogens (tertiary/aromatic N) is 1. The molecule has 120 valence electrons. The molecule has 1 aliphatic rings. The summed E-state index contributed by atoms with van der Waals surface area (Å²) in [5.74, 6) is 0.906. The van der Waals surface area contributed by atoms with E-state index in [0.717, 1.165) is 40.6 Å². The van der Waals surface area contributed by atoms with E-state index in [2.05, 4.69) is 10.5 Å². The summed E-state index contributed by atoms with van der Waals surface area (Å²) in [6.45, 7) is 0.787. The maximum absolute atomic E-state index is 11.1. The van der Waals surface area contributed by atoms with Gasteiger partial charge in [0.05, 0.1) is 18.4 Å². The highest BCUT2D eigenvalue weighted by Crippen LogP contribution is 2.46. The van der Waals surface area contributed by atoms with Crippen molar-refractivity contribution in [2.24, 2.45) is 5.10 Å². The fourth-order valence-corrected chi connectivity index (χ4v) is 3.33. The molecule has 0 saturated carbocycles. The van der Waals surface area contributed by atoms with Gasteiger partial charge in [-0.1, -0.05) is 54.6 Å². The van der Waals surface area contributed by atoms with Gasteiger partial charge in [-0.3, -0.25) is 0 Å². The van der Waals surface area contributed by atoms with Crippen LogP contribution in [0.2, 0.25) is 0 Å². The molecule has 4 rings (SSSR count). The first-order valence-corrected chi connectivity index (χ1v) is 7.98. The largest absolute Gasteiger partial charge is 0.506 e. The number of rotatable bonds is 3. The Bertz CT molecular complexity index is 933. The summed E-state index contributed by atoms with van der Waals surface area (Å²) >= 11 is 0. The molecule has 0 unspecified atom stereocenters. The lowest BCUT2D eigenvalue weighted by Gasteiger charge is -2.18. The van der Waals surface area contributed by atoms with E-state index in [1.165, 1.54) is 0 Å². The SMILES string of the molecule is COc1c(-c2ccccc2)c(O)c(C2=NNCC2)c2ccccc12. The molecule has 0 aromatic heterocycles. The second kappa shape index (κ2) is 5.89. The average molecular weight is 318 g/mol. The summed E-state index contributed by atoms with van der Waals surface area (Å²) in [5.41, 5.74) is 6.29. The number of benzene rings is 3. The van der Waals surface area contributed by atoms with Crippen molar-refractivity contribution >= 4 is 16.5 Å². The highest BCUT2D eigenvalue weighted by Gasteiger charge is 2.24. The van der Waals surface area contributed by atoms with Gasteiger partial charge in [-0.15, -0.1) is 0 Å². The van der Waals surface area contributed by atoms with E-state index in [1.54, 1.807) is 7.11 Å². The minimum Gasteiger partial charge on any atom is -0.506 e. The van der Waals surface area contributed by atoms with Crippen molar-refractivity contribution in [3.8, 4) is 22.6 Å². The summed E-state index contributed by atoms with van der Waals surface area (Å²) in [6.07, 6.45) is 0.790. The van der Waals surface area contributed by atoms with Crippen molar-refractivity contribution in [2.45, 2.75) is 6.42 Å². The predicted octanol–water partition coefficient (Wildman–Crippen LogP) is 3.92. The second-order valence-corrected chi connectivity index (χ2v) is 5.76. The van der Waals surface area contributed by atoms with Crippen LogP contribution in [0.25, 0.3) is 21.9 Å². The molecule has 0 bridgehead atoms. The predicted molar refractivity (Wildman–Crippen MR) is 96.8 cm³/mol. The minimum absolute atomic E-state index is 0.221. The van der Waals surface area contributed by atoms with Crippen LogP contribution < -0.4 is 10.2 Å². The van der Waals surface area contributed by atoms with Gasteiger partial charge < -0.3 is 15.3 Å². The van der Waals surface area contributed by atoms with Crippen LogP contribution in [0.1, 0.15) is 12.0 Å². The first-order chi connectivity index (χ1) is 11.8. The van der Waals surface area contributed by atoms with Crippen molar-refractivity contribution < 1.29 is 9.84 Å². The monoisotopic (exact) mass is 318 g/mol. The normalized spacial score (nSPS) is 13.6. The molecule has 4 nitrogen and oxygen atoms in total. The van der Waals surface area contributed by atoms with E-state index in [0.29, 0.717) is 11.3 Å². The Morgan fingerprint density at radius 1 is 0.958 bits per heavy atom. The van der Waals surface area contributed by atoms with Gasteiger partial charge in [0.1, 0.15) is 11.5 Å². The minimum atomic E-state index is 0.221. The number of ether oxygens (including phenoxy) is 1. The molecule has 0 spiro atoms. The smallest absolute Gasteiger partial charge is 0.138 e. The summed E-state index contributed by atoms with van der Waals surface area (Å²) in [6, 6.07) is 17.8. The molecule has 4 heteroatoms. The topological polar surface area (TPSA) is 53.9 Å². The molecule has 0 saturated heterocycles. The fourth-order valence-electron chi connectivity index (χ4n) is 3.33. The van der Waals surface area contributed by atoms with Gasteiger partial charge >= 0.3 is 0 Å².